The monoisotopic (exact) mass is 266 g/mol. The van der Waals surface area contributed by atoms with Gasteiger partial charge in [-0.15, -0.1) is 0 Å². The lowest BCUT2D eigenvalue weighted by Gasteiger charge is -2.46. The maximum atomic E-state index is 3.80. The zero-order chi connectivity index (χ0) is 13.9. The largest absolute Gasteiger partial charge is 0.314 e. The van der Waals surface area contributed by atoms with Crippen LogP contribution in [-0.2, 0) is 0 Å². The van der Waals surface area contributed by atoms with Crippen LogP contribution < -0.4 is 10.6 Å². The van der Waals surface area contributed by atoms with E-state index >= 15 is 0 Å². The molecule has 2 rings (SSSR count). The fraction of sp³-hybridized carbons (Fsp3) is 1.00. The van der Waals surface area contributed by atoms with E-state index in [1.54, 1.807) is 0 Å². The lowest BCUT2D eigenvalue weighted by molar-refractivity contribution is 0.122. The molecule has 0 unspecified atom stereocenters. The third kappa shape index (κ3) is 5.07. The Morgan fingerprint density at radius 2 is 1.53 bits per heavy atom. The molecule has 1 heterocycles. The van der Waals surface area contributed by atoms with E-state index in [-0.39, 0.29) is 0 Å². The molecule has 2 heteroatoms. The molecule has 0 radical (unpaired) electrons. The van der Waals surface area contributed by atoms with Crippen LogP contribution in [0.4, 0.5) is 0 Å². The van der Waals surface area contributed by atoms with Gasteiger partial charge < -0.3 is 10.6 Å². The van der Waals surface area contributed by atoms with Crippen LogP contribution in [0.2, 0.25) is 0 Å². The summed E-state index contributed by atoms with van der Waals surface area (Å²) in [6.07, 6.45) is 11.1. The number of hydrogen-bond acceptors (Lipinski definition) is 2. The number of hydrogen-bond donors (Lipinski definition) is 2. The highest BCUT2D eigenvalue weighted by Gasteiger charge is 2.37. The molecule has 2 aliphatic rings. The lowest BCUT2D eigenvalue weighted by Crippen LogP contribution is -2.58. The summed E-state index contributed by atoms with van der Waals surface area (Å²) in [6, 6.07) is 0.816. The van der Waals surface area contributed by atoms with Crippen molar-refractivity contribution < 1.29 is 0 Å². The summed E-state index contributed by atoms with van der Waals surface area (Å²) >= 11 is 0. The minimum atomic E-state index is 0.303. The van der Waals surface area contributed by atoms with Crippen LogP contribution in [0.15, 0.2) is 0 Å². The van der Waals surface area contributed by atoms with E-state index in [4.69, 9.17) is 0 Å². The van der Waals surface area contributed by atoms with Crippen molar-refractivity contribution in [3.63, 3.8) is 0 Å². The second-order valence-corrected chi connectivity index (χ2v) is 8.24. The highest BCUT2D eigenvalue weighted by atomic mass is 15.0. The Morgan fingerprint density at radius 3 is 2.11 bits per heavy atom. The van der Waals surface area contributed by atoms with E-state index in [1.807, 2.05) is 0 Å². The van der Waals surface area contributed by atoms with Crippen LogP contribution in [0.5, 0.6) is 0 Å². The molecule has 0 amide bonds. The summed E-state index contributed by atoms with van der Waals surface area (Å²) in [5.41, 5.74) is 0.606. The van der Waals surface area contributed by atoms with Gasteiger partial charge in [0.15, 0.2) is 0 Å². The van der Waals surface area contributed by atoms with Crippen LogP contribution in [0, 0.1) is 5.92 Å². The zero-order valence-corrected chi connectivity index (χ0v) is 13.5. The van der Waals surface area contributed by atoms with Gasteiger partial charge in [-0.1, -0.05) is 19.3 Å². The van der Waals surface area contributed by atoms with E-state index in [0.29, 0.717) is 11.1 Å². The molecule has 19 heavy (non-hydrogen) atoms. The molecule has 1 saturated heterocycles. The van der Waals surface area contributed by atoms with Gasteiger partial charge in [-0.3, -0.25) is 0 Å². The van der Waals surface area contributed by atoms with Gasteiger partial charge in [0.05, 0.1) is 0 Å². The maximum Gasteiger partial charge on any atom is 0.0132 e. The molecule has 0 aromatic rings. The van der Waals surface area contributed by atoms with Crippen molar-refractivity contribution in [2.45, 2.75) is 96.2 Å². The van der Waals surface area contributed by atoms with E-state index in [0.717, 1.165) is 12.0 Å². The Labute approximate surface area is 120 Å². The predicted octanol–water partition coefficient (Wildman–Crippen LogP) is 3.86. The smallest absolute Gasteiger partial charge is 0.0132 e. The first kappa shape index (κ1) is 15.3. The van der Waals surface area contributed by atoms with Crippen molar-refractivity contribution >= 4 is 0 Å². The van der Waals surface area contributed by atoms with Crippen LogP contribution in [0.3, 0.4) is 0 Å². The molecule has 2 nitrogen and oxygen atoms in total. The third-order valence-corrected chi connectivity index (χ3v) is 4.87. The molecule has 112 valence electrons. The van der Waals surface area contributed by atoms with Gasteiger partial charge in [-0.05, 0) is 72.3 Å². The van der Waals surface area contributed by atoms with Crippen molar-refractivity contribution in [2.24, 2.45) is 5.92 Å². The van der Waals surface area contributed by atoms with E-state index in [1.165, 1.54) is 57.9 Å². The molecule has 2 fully saturated rings. The van der Waals surface area contributed by atoms with Crippen LogP contribution >= 0.6 is 0 Å². The van der Waals surface area contributed by atoms with E-state index in [9.17, 15) is 0 Å². The average Bonchev–Trinajstić information content (AvgIpc) is 2.26. The number of rotatable bonds is 4. The van der Waals surface area contributed by atoms with Gasteiger partial charge in [0.1, 0.15) is 0 Å². The molecule has 0 spiro atoms. The standard InChI is InChI=1S/C17H34N2/c1-16(2)12-14(13-17(3,4)19-16)10-11-18-15-8-6-5-7-9-15/h14-15,18-19H,5-13H2,1-4H3. The highest BCUT2D eigenvalue weighted by Crippen LogP contribution is 2.34. The van der Waals surface area contributed by atoms with Crippen LogP contribution in [0.1, 0.15) is 79.1 Å². The fourth-order valence-corrected chi connectivity index (χ4v) is 4.54. The Hall–Kier alpha value is -0.0800. The molecule has 1 saturated carbocycles. The van der Waals surface area contributed by atoms with Gasteiger partial charge in [0.2, 0.25) is 0 Å². The molecule has 0 aromatic carbocycles. The van der Waals surface area contributed by atoms with Gasteiger partial charge >= 0.3 is 0 Å². The normalized spacial score (nSPS) is 28.4. The van der Waals surface area contributed by atoms with Crippen molar-refractivity contribution in [3.8, 4) is 0 Å². The first-order valence-electron chi connectivity index (χ1n) is 8.39. The van der Waals surface area contributed by atoms with Crippen molar-refractivity contribution in [1.29, 1.82) is 0 Å². The zero-order valence-electron chi connectivity index (χ0n) is 13.5. The Balaban J connectivity index is 1.72. The summed E-state index contributed by atoms with van der Waals surface area (Å²) in [6.45, 7) is 10.7. The quantitative estimate of drug-likeness (QED) is 0.807. The molecular formula is C17H34N2. The lowest BCUT2D eigenvalue weighted by atomic mass is 9.74. The minimum Gasteiger partial charge on any atom is -0.314 e. The maximum absolute atomic E-state index is 3.80. The van der Waals surface area contributed by atoms with Gasteiger partial charge in [0, 0.05) is 17.1 Å². The van der Waals surface area contributed by atoms with Crippen molar-refractivity contribution in [1.82, 2.24) is 10.6 Å². The van der Waals surface area contributed by atoms with Crippen molar-refractivity contribution in [2.75, 3.05) is 6.54 Å². The second-order valence-electron chi connectivity index (χ2n) is 8.24. The van der Waals surface area contributed by atoms with Crippen LogP contribution in [-0.4, -0.2) is 23.7 Å². The SMILES string of the molecule is CC1(C)CC(CCNC2CCCCC2)CC(C)(C)N1. The summed E-state index contributed by atoms with van der Waals surface area (Å²) < 4.78 is 0. The number of nitrogens with one attached hydrogen (secondary N) is 2. The molecule has 2 N–H and O–H groups in total. The Bertz CT molecular complexity index is 261. The van der Waals surface area contributed by atoms with Crippen molar-refractivity contribution in [3.05, 3.63) is 0 Å². The predicted molar refractivity (Wildman–Crippen MR) is 83.5 cm³/mol. The van der Waals surface area contributed by atoms with E-state index in [2.05, 4.69) is 38.3 Å². The molecule has 1 aliphatic heterocycles. The second kappa shape index (κ2) is 6.13. The van der Waals surface area contributed by atoms with Crippen LogP contribution in [0.25, 0.3) is 0 Å². The average molecular weight is 266 g/mol. The van der Waals surface area contributed by atoms with E-state index < -0.39 is 0 Å². The first-order chi connectivity index (χ1) is 8.86. The highest BCUT2D eigenvalue weighted by molar-refractivity contribution is 4.96. The molecule has 0 aromatic heterocycles. The summed E-state index contributed by atoms with van der Waals surface area (Å²) in [4.78, 5) is 0. The Kier molecular flexibility index (Phi) is 4.94. The first-order valence-corrected chi connectivity index (χ1v) is 8.39. The van der Waals surface area contributed by atoms with Gasteiger partial charge in [-0.25, -0.2) is 0 Å². The summed E-state index contributed by atoms with van der Waals surface area (Å²) in [5, 5.41) is 7.58. The van der Waals surface area contributed by atoms with Gasteiger partial charge in [-0.2, -0.15) is 0 Å². The third-order valence-electron chi connectivity index (χ3n) is 4.87. The molecular weight excluding hydrogens is 232 g/mol. The topological polar surface area (TPSA) is 24.1 Å². The number of piperidine rings is 1. The molecule has 1 aliphatic carbocycles. The molecule has 0 atom stereocenters. The Morgan fingerprint density at radius 1 is 0.947 bits per heavy atom. The molecule has 0 bridgehead atoms. The minimum absolute atomic E-state index is 0.303. The fourth-order valence-electron chi connectivity index (χ4n) is 4.54. The summed E-state index contributed by atoms with van der Waals surface area (Å²) in [5.74, 6) is 0.877. The summed E-state index contributed by atoms with van der Waals surface area (Å²) in [7, 11) is 0. The van der Waals surface area contributed by atoms with Gasteiger partial charge in [0.25, 0.3) is 0 Å².